The van der Waals surface area contributed by atoms with Gasteiger partial charge in [0.15, 0.2) is 0 Å². The van der Waals surface area contributed by atoms with Gasteiger partial charge in [-0.3, -0.25) is 9.78 Å². The molecule has 3 aromatic rings. The quantitative estimate of drug-likeness (QED) is 0.496. The number of imidazole rings is 1. The molecule has 1 aliphatic rings. The molecule has 0 radical (unpaired) electrons. The lowest BCUT2D eigenvalue weighted by molar-refractivity contribution is -0.132. The molecule has 3 heterocycles. The topological polar surface area (TPSA) is 136 Å². The molecular weight excluding hydrogens is 384 g/mol. The first kappa shape index (κ1) is 19.8. The molecule has 1 saturated heterocycles. The predicted octanol–water partition coefficient (Wildman–Crippen LogP) is 0.848. The van der Waals surface area contributed by atoms with Gasteiger partial charge < -0.3 is 25.3 Å². The average Bonchev–Trinajstić information content (AvgIpc) is 2.96. The minimum absolute atomic E-state index is 0.276. The van der Waals surface area contributed by atoms with Crippen LogP contribution < -0.4 is 16.3 Å². The van der Waals surface area contributed by atoms with Crippen molar-refractivity contribution >= 4 is 16.9 Å². The number of nitrogens with zero attached hydrogens (tertiary/aromatic N) is 2. The summed E-state index contributed by atoms with van der Waals surface area (Å²) in [6.07, 6.45) is 3.95. The van der Waals surface area contributed by atoms with Gasteiger partial charge in [-0.2, -0.15) is 5.26 Å². The van der Waals surface area contributed by atoms with Gasteiger partial charge in [-0.15, -0.1) is 0 Å². The number of carbonyl (C=O) groups is 1. The Labute approximate surface area is 172 Å². The molecule has 9 nitrogen and oxygen atoms in total. The van der Waals surface area contributed by atoms with E-state index in [4.69, 9.17) is 4.74 Å². The maximum absolute atomic E-state index is 12.4. The van der Waals surface area contributed by atoms with Crippen molar-refractivity contribution in [3.05, 3.63) is 52.7 Å². The van der Waals surface area contributed by atoms with E-state index in [1.165, 1.54) is 0 Å². The van der Waals surface area contributed by atoms with Crippen LogP contribution in [0.25, 0.3) is 22.2 Å². The molecule has 9 heteroatoms. The summed E-state index contributed by atoms with van der Waals surface area (Å²) in [7, 11) is 0. The van der Waals surface area contributed by atoms with Crippen molar-refractivity contribution in [1.82, 2.24) is 25.6 Å². The molecular formula is C21H22N6O3. The normalized spacial score (nSPS) is 17.8. The molecule has 4 N–H and O–H groups in total. The van der Waals surface area contributed by atoms with E-state index in [0.717, 1.165) is 29.7 Å². The summed E-state index contributed by atoms with van der Waals surface area (Å²) in [6.45, 7) is 1.79. The lowest BCUT2D eigenvalue weighted by Gasteiger charge is -2.18. The number of rotatable bonds is 5. The highest BCUT2D eigenvalue weighted by Gasteiger charge is 2.23. The second-order valence-electron chi connectivity index (χ2n) is 7.20. The fourth-order valence-corrected chi connectivity index (χ4v) is 3.51. The zero-order valence-electron chi connectivity index (χ0n) is 16.3. The van der Waals surface area contributed by atoms with Gasteiger partial charge in [0, 0.05) is 31.3 Å². The zero-order chi connectivity index (χ0) is 20.9. The Hall–Kier alpha value is -3.48. The Morgan fingerprint density at radius 1 is 1.30 bits per heavy atom. The Kier molecular flexibility index (Phi) is 5.88. The Morgan fingerprint density at radius 2 is 2.13 bits per heavy atom. The fourth-order valence-electron chi connectivity index (χ4n) is 3.51. The number of aromatic nitrogens is 3. The molecule has 2 aromatic heterocycles. The van der Waals surface area contributed by atoms with Crippen LogP contribution in [0.15, 0.2) is 41.5 Å². The van der Waals surface area contributed by atoms with E-state index in [0.29, 0.717) is 30.6 Å². The molecule has 1 aliphatic heterocycles. The number of H-pyrrole nitrogens is 2. The largest absolute Gasteiger partial charge is 0.367 e. The number of aromatic amines is 2. The molecule has 1 aromatic carbocycles. The van der Waals surface area contributed by atoms with Crippen molar-refractivity contribution in [2.75, 3.05) is 19.7 Å². The van der Waals surface area contributed by atoms with Crippen LogP contribution in [0, 0.1) is 11.3 Å². The first-order chi connectivity index (χ1) is 14.6. The summed E-state index contributed by atoms with van der Waals surface area (Å²) >= 11 is 0. The van der Waals surface area contributed by atoms with Crippen molar-refractivity contribution in [1.29, 1.82) is 5.26 Å². The third-order valence-electron chi connectivity index (χ3n) is 5.05. The van der Waals surface area contributed by atoms with Gasteiger partial charge in [0.05, 0.1) is 23.3 Å². The minimum atomic E-state index is -0.652. The summed E-state index contributed by atoms with van der Waals surface area (Å²) < 4.78 is 5.54. The van der Waals surface area contributed by atoms with Gasteiger partial charge in [-0.05, 0) is 24.1 Å². The molecule has 0 spiro atoms. The van der Waals surface area contributed by atoms with Crippen LogP contribution in [-0.4, -0.2) is 52.7 Å². The Balaban J connectivity index is 1.45. The number of pyridine rings is 1. The van der Waals surface area contributed by atoms with Crippen molar-refractivity contribution in [2.24, 2.45) is 0 Å². The van der Waals surface area contributed by atoms with E-state index in [-0.39, 0.29) is 11.6 Å². The standard InChI is InChI=1S/C21H22N6O3/c22-9-15(25-20(28)18-12-23-6-1-7-30-18)8-13-2-4-14(5-3-13)16-10-24-11-17-19(16)27-21(29)26-17/h2-5,10-11,15,18,23H,1,6-8,12H2,(H,25,28)(H2,26,27,29)/t15-,18-/m0/s1. The fraction of sp³-hybridized carbons (Fsp3) is 0.333. The molecule has 30 heavy (non-hydrogen) atoms. The van der Waals surface area contributed by atoms with Gasteiger partial charge in [-0.1, -0.05) is 24.3 Å². The number of amides is 1. The molecule has 2 atom stereocenters. The molecule has 0 bridgehead atoms. The van der Waals surface area contributed by atoms with Gasteiger partial charge in [0.25, 0.3) is 5.91 Å². The number of benzene rings is 1. The molecule has 0 saturated carbocycles. The summed E-state index contributed by atoms with van der Waals surface area (Å²) in [6, 6.07) is 9.12. The molecule has 154 valence electrons. The second kappa shape index (κ2) is 8.90. The van der Waals surface area contributed by atoms with Crippen LogP contribution >= 0.6 is 0 Å². The van der Waals surface area contributed by atoms with Crippen LogP contribution in [0.1, 0.15) is 12.0 Å². The summed E-state index contributed by atoms with van der Waals surface area (Å²) in [5, 5.41) is 15.4. The highest BCUT2D eigenvalue weighted by molar-refractivity contribution is 5.90. The van der Waals surface area contributed by atoms with Crippen LogP contribution in [0.2, 0.25) is 0 Å². The smallest absolute Gasteiger partial charge is 0.323 e. The average molecular weight is 406 g/mol. The lowest BCUT2D eigenvalue weighted by Crippen LogP contribution is -2.46. The van der Waals surface area contributed by atoms with E-state index in [9.17, 15) is 14.9 Å². The van der Waals surface area contributed by atoms with Gasteiger partial charge in [0.1, 0.15) is 12.1 Å². The van der Waals surface area contributed by atoms with Crippen LogP contribution in [0.5, 0.6) is 0 Å². The third-order valence-corrected chi connectivity index (χ3v) is 5.05. The maximum atomic E-state index is 12.4. The first-order valence-electron chi connectivity index (χ1n) is 9.81. The highest BCUT2D eigenvalue weighted by atomic mass is 16.5. The monoisotopic (exact) mass is 406 g/mol. The predicted molar refractivity (Wildman–Crippen MR) is 111 cm³/mol. The van der Waals surface area contributed by atoms with Gasteiger partial charge in [0.2, 0.25) is 0 Å². The number of carbonyl (C=O) groups excluding carboxylic acids is 1. The summed E-state index contributed by atoms with van der Waals surface area (Å²) in [5.74, 6) is -0.276. The van der Waals surface area contributed by atoms with E-state index in [2.05, 4.69) is 31.7 Å². The molecule has 1 amide bonds. The maximum Gasteiger partial charge on any atom is 0.323 e. The van der Waals surface area contributed by atoms with E-state index < -0.39 is 12.1 Å². The van der Waals surface area contributed by atoms with Crippen LogP contribution in [-0.2, 0) is 16.0 Å². The van der Waals surface area contributed by atoms with Gasteiger partial charge >= 0.3 is 5.69 Å². The number of ether oxygens (including phenoxy) is 1. The van der Waals surface area contributed by atoms with E-state index in [1.807, 2.05) is 24.3 Å². The zero-order valence-corrected chi connectivity index (χ0v) is 16.3. The van der Waals surface area contributed by atoms with Gasteiger partial charge in [-0.25, -0.2) is 4.79 Å². The third kappa shape index (κ3) is 4.40. The number of hydrogen-bond donors (Lipinski definition) is 4. The first-order valence-corrected chi connectivity index (χ1v) is 9.81. The second-order valence-corrected chi connectivity index (χ2v) is 7.20. The Bertz CT molecular complexity index is 1120. The van der Waals surface area contributed by atoms with Crippen molar-refractivity contribution in [3.63, 3.8) is 0 Å². The molecule has 0 unspecified atom stereocenters. The molecule has 1 fully saturated rings. The van der Waals surface area contributed by atoms with Crippen molar-refractivity contribution in [3.8, 4) is 17.2 Å². The SMILES string of the molecule is N#C[C@H](Cc1ccc(-c2cncc3[nH]c(=O)[nH]c23)cc1)NC(=O)[C@@H]1CNCCCO1. The van der Waals surface area contributed by atoms with E-state index >= 15 is 0 Å². The van der Waals surface area contributed by atoms with Crippen molar-refractivity contribution in [2.45, 2.75) is 25.0 Å². The number of fused-ring (bicyclic) bond motifs is 1. The minimum Gasteiger partial charge on any atom is -0.367 e. The Morgan fingerprint density at radius 3 is 2.93 bits per heavy atom. The molecule has 0 aliphatic carbocycles. The summed E-state index contributed by atoms with van der Waals surface area (Å²) in [5.41, 5.74) is 3.67. The summed E-state index contributed by atoms with van der Waals surface area (Å²) in [4.78, 5) is 33.6. The van der Waals surface area contributed by atoms with E-state index in [1.54, 1.807) is 12.4 Å². The molecule has 4 rings (SSSR count). The van der Waals surface area contributed by atoms with Crippen LogP contribution in [0.4, 0.5) is 0 Å². The lowest BCUT2D eigenvalue weighted by atomic mass is 10.0. The highest BCUT2D eigenvalue weighted by Crippen LogP contribution is 2.25. The number of nitrogens with one attached hydrogen (secondary N) is 4. The number of hydrogen-bond acceptors (Lipinski definition) is 6. The number of nitriles is 1. The van der Waals surface area contributed by atoms with Crippen LogP contribution in [0.3, 0.4) is 0 Å². The van der Waals surface area contributed by atoms with Crippen molar-refractivity contribution < 1.29 is 9.53 Å².